The minimum absolute atomic E-state index is 0.107. The number of anilines is 1. The lowest BCUT2D eigenvalue weighted by molar-refractivity contribution is -0.143. The highest BCUT2D eigenvalue weighted by Gasteiger charge is 2.53. The number of rotatable bonds is 8. The largest absolute Gasteiger partial charge is 0.494 e. The number of ether oxygens (including phenoxy) is 1. The van der Waals surface area contributed by atoms with E-state index in [1.165, 1.54) is 24.3 Å². The molecule has 2 amide bonds. The Labute approximate surface area is 198 Å². The number of nitrogens with one attached hydrogen (secondary N) is 2. The number of amides is 2. The van der Waals surface area contributed by atoms with Gasteiger partial charge in [0.05, 0.1) is 26.1 Å². The van der Waals surface area contributed by atoms with E-state index >= 15 is 0 Å². The van der Waals surface area contributed by atoms with Crippen molar-refractivity contribution in [2.45, 2.75) is 25.2 Å². The predicted molar refractivity (Wildman–Crippen MR) is 126 cm³/mol. The maximum atomic E-state index is 13.7. The number of benzene rings is 1. The van der Waals surface area contributed by atoms with Crippen molar-refractivity contribution in [1.29, 1.82) is 0 Å². The molecule has 0 radical (unpaired) electrons. The van der Waals surface area contributed by atoms with E-state index in [0.29, 0.717) is 11.4 Å². The van der Waals surface area contributed by atoms with Crippen LogP contribution in [0.3, 0.4) is 0 Å². The minimum Gasteiger partial charge on any atom is -0.494 e. The SMILES string of the molecule is COc1cc(Cl)ncc1NC(=O)C1(c2ccccc2C(C)C)CN(C(=O)CNS(C)(=O)=O)C1. The van der Waals surface area contributed by atoms with E-state index in [9.17, 15) is 18.0 Å². The van der Waals surface area contributed by atoms with Crippen LogP contribution in [-0.2, 0) is 25.0 Å². The molecule has 2 N–H and O–H groups in total. The minimum atomic E-state index is -3.51. The summed E-state index contributed by atoms with van der Waals surface area (Å²) in [4.78, 5) is 31.7. The molecule has 1 aliphatic rings. The van der Waals surface area contributed by atoms with Crippen LogP contribution in [0.5, 0.6) is 5.75 Å². The molecule has 3 rings (SSSR count). The van der Waals surface area contributed by atoms with Crippen molar-refractivity contribution in [2.24, 2.45) is 0 Å². The summed E-state index contributed by atoms with van der Waals surface area (Å²) in [6.07, 6.45) is 2.40. The molecule has 1 aromatic carbocycles. The Morgan fingerprint density at radius 1 is 1.27 bits per heavy atom. The van der Waals surface area contributed by atoms with Gasteiger partial charge in [0.15, 0.2) is 0 Å². The molecular weight excluding hydrogens is 468 g/mol. The number of pyridine rings is 1. The van der Waals surface area contributed by atoms with Gasteiger partial charge in [0, 0.05) is 19.2 Å². The summed E-state index contributed by atoms with van der Waals surface area (Å²) in [5, 5.41) is 3.10. The van der Waals surface area contributed by atoms with Crippen LogP contribution in [0.15, 0.2) is 36.5 Å². The first kappa shape index (κ1) is 24.9. The number of hydrogen-bond donors (Lipinski definition) is 2. The van der Waals surface area contributed by atoms with Crippen molar-refractivity contribution < 1.29 is 22.7 Å². The standard InChI is InChI=1S/C22H27ClN4O5S/c1-14(2)15-7-5-6-8-16(15)22(12-27(13-22)20(28)11-25-33(4,30)31)21(29)26-17-10-24-19(23)9-18(17)32-3/h5-10,14,25H,11-13H2,1-4H3,(H,26,29). The van der Waals surface area contributed by atoms with Crippen molar-refractivity contribution in [2.75, 3.05) is 38.3 Å². The lowest BCUT2D eigenvalue weighted by Crippen LogP contribution is -2.67. The molecule has 0 saturated carbocycles. The molecule has 0 spiro atoms. The normalized spacial score (nSPS) is 15.2. The van der Waals surface area contributed by atoms with Gasteiger partial charge in [-0.15, -0.1) is 0 Å². The van der Waals surface area contributed by atoms with Crippen LogP contribution in [0, 0.1) is 0 Å². The fourth-order valence-corrected chi connectivity index (χ4v) is 4.41. The molecule has 11 heteroatoms. The Hall–Kier alpha value is -2.69. The van der Waals surface area contributed by atoms with Crippen LogP contribution in [0.2, 0.25) is 5.15 Å². The highest BCUT2D eigenvalue weighted by Crippen LogP contribution is 2.40. The average molecular weight is 495 g/mol. The first-order valence-corrected chi connectivity index (χ1v) is 12.6. The second-order valence-electron chi connectivity index (χ2n) is 8.33. The Bertz CT molecular complexity index is 1160. The highest BCUT2D eigenvalue weighted by molar-refractivity contribution is 7.88. The Balaban J connectivity index is 1.93. The van der Waals surface area contributed by atoms with Gasteiger partial charge in [0.25, 0.3) is 0 Å². The smallest absolute Gasteiger partial charge is 0.238 e. The summed E-state index contributed by atoms with van der Waals surface area (Å²) in [7, 11) is -2.05. The molecule has 1 fully saturated rings. The van der Waals surface area contributed by atoms with Crippen LogP contribution in [0.4, 0.5) is 5.69 Å². The van der Waals surface area contributed by atoms with Crippen molar-refractivity contribution in [1.82, 2.24) is 14.6 Å². The summed E-state index contributed by atoms with van der Waals surface area (Å²) in [5.74, 6) is -0.218. The monoisotopic (exact) mass is 494 g/mol. The molecule has 0 unspecified atom stereocenters. The number of carbonyl (C=O) groups is 2. The summed E-state index contributed by atoms with van der Waals surface area (Å²) in [6.45, 7) is 3.92. The van der Waals surface area contributed by atoms with Gasteiger partial charge in [-0.3, -0.25) is 9.59 Å². The second kappa shape index (κ2) is 9.66. The van der Waals surface area contributed by atoms with E-state index in [-0.39, 0.29) is 36.6 Å². The maximum Gasteiger partial charge on any atom is 0.238 e. The molecule has 9 nitrogen and oxygen atoms in total. The first-order valence-electron chi connectivity index (χ1n) is 10.3. The average Bonchev–Trinajstić information content (AvgIpc) is 2.72. The molecule has 1 aromatic heterocycles. The Kier molecular flexibility index (Phi) is 7.30. The van der Waals surface area contributed by atoms with Gasteiger partial charge in [0.2, 0.25) is 21.8 Å². The van der Waals surface area contributed by atoms with Crippen LogP contribution in [0.25, 0.3) is 0 Å². The third-order valence-corrected chi connectivity index (χ3v) is 6.47. The number of carbonyl (C=O) groups excluding carboxylic acids is 2. The molecule has 0 bridgehead atoms. The Morgan fingerprint density at radius 2 is 1.94 bits per heavy atom. The zero-order valence-corrected chi connectivity index (χ0v) is 20.5. The van der Waals surface area contributed by atoms with Gasteiger partial charge in [-0.2, -0.15) is 0 Å². The van der Waals surface area contributed by atoms with Crippen LogP contribution in [-0.4, -0.2) is 63.1 Å². The number of aromatic nitrogens is 1. The third-order valence-electron chi connectivity index (χ3n) is 5.59. The maximum absolute atomic E-state index is 13.7. The number of halogens is 1. The van der Waals surface area contributed by atoms with Gasteiger partial charge in [0.1, 0.15) is 22.0 Å². The molecule has 178 valence electrons. The lowest BCUT2D eigenvalue weighted by atomic mass is 9.69. The van der Waals surface area contributed by atoms with E-state index in [1.807, 2.05) is 38.1 Å². The van der Waals surface area contributed by atoms with Crippen molar-refractivity contribution in [3.05, 3.63) is 52.8 Å². The van der Waals surface area contributed by atoms with Gasteiger partial charge in [-0.05, 0) is 17.0 Å². The molecule has 0 aliphatic carbocycles. The van der Waals surface area contributed by atoms with E-state index in [4.69, 9.17) is 16.3 Å². The van der Waals surface area contributed by atoms with Gasteiger partial charge >= 0.3 is 0 Å². The van der Waals surface area contributed by atoms with Crippen molar-refractivity contribution in [3.63, 3.8) is 0 Å². The zero-order chi connectivity index (χ0) is 24.4. The number of sulfonamides is 1. The Morgan fingerprint density at radius 3 is 2.55 bits per heavy atom. The van der Waals surface area contributed by atoms with Crippen molar-refractivity contribution >= 4 is 39.1 Å². The molecular formula is C22H27ClN4O5S. The van der Waals surface area contributed by atoms with E-state index in [2.05, 4.69) is 15.0 Å². The van der Waals surface area contributed by atoms with Crippen molar-refractivity contribution in [3.8, 4) is 5.75 Å². The molecule has 0 atom stereocenters. The van der Waals surface area contributed by atoms with Crippen LogP contribution < -0.4 is 14.8 Å². The summed E-state index contributed by atoms with van der Waals surface area (Å²) >= 11 is 5.93. The topological polar surface area (TPSA) is 118 Å². The number of likely N-dealkylation sites (tertiary alicyclic amines) is 1. The number of methoxy groups -OCH3 is 1. The van der Waals surface area contributed by atoms with E-state index in [1.54, 1.807) is 0 Å². The van der Waals surface area contributed by atoms with Crippen LogP contribution in [0.1, 0.15) is 30.9 Å². The van der Waals surface area contributed by atoms with E-state index < -0.39 is 21.3 Å². The fraction of sp³-hybridized carbons (Fsp3) is 0.409. The molecule has 33 heavy (non-hydrogen) atoms. The van der Waals surface area contributed by atoms with E-state index in [0.717, 1.165) is 17.4 Å². The van der Waals surface area contributed by atoms with Gasteiger partial charge in [-0.1, -0.05) is 49.7 Å². The zero-order valence-electron chi connectivity index (χ0n) is 18.9. The molecule has 2 heterocycles. The second-order valence-corrected chi connectivity index (χ2v) is 10.5. The van der Waals surface area contributed by atoms with Crippen LogP contribution >= 0.6 is 11.6 Å². The first-order chi connectivity index (χ1) is 15.5. The fourth-order valence-electron chi connectivity index (χ4n) is 3.88. The quantitative estimate of drug-likeness (QED) is 0.543. The third kappa shape index (κ3) is 5.45. The summed E-state index contributed by atoms with van der Waals surface area (Å²) in [5.41, 5.74) is 1.15. The van der Waals surface area contributed by atoms with Gasteiger partial charge < -0.3 is 15.0 Å². The lowest BCUT2D eigenvalue weighted by Gasteiger charge is -2.50. The summed E-state index contributed by atoms with van der Waals surface area (Å²) in [6, 6.07) is 9.13. The predicted octanol–water partition coefficient (Wildman–Crippen LogP) is 2.13. The van der Waals surface area contributed by atoms with Gasteiger partial charge in [-0.25, -0.2) is 18.1 Å². The molecule has 2 aromatic rings. The number of hydrogen-bond acceptors (Lipinski definition) is 6. The number of nitrogens with zero attached hydrogens (tertiary/aromatic N) is 2. The highest BCUT2D eigenvalue weighted by atomic mass is 35.5. The summed E-state index contributed by atoms with van der Waals surface area (Å²) < 4.78 is 30.2. The molecule has 1 saturated heterocycles. The molecule has 1 aliphatic heterocycles.